The summed E-state index contributed by atoms with van der Waals surface area (Å²) in [6.07, 6.45) is 1.60. The number of rotatable bonds is 5. The van der Waals surface area contributed by atoms with Gasteiger partial charge in [-0.25, -0.2) is 0 Å². The van der Waals surface area contributed by atoms with Gasteiger partial charge in [-0.3, -0.25) is 11.3 Å². The summed E-state index contributed by atoms with van der Waals surface area (Å²) in [4.78, 5) is 1.45. The van der Waals surface area contributed by atoms with Crippen LogP contribution in [0.2, 0.25) is 0 Å². The van der Waals surface area contributed by atoms with E-state index in [0.717, 1.165) is 6.42 Å². The van der Waals surface area contributed by atoms with Crippen molar-refractivity contribution in [1.29, 1.82) is 0 Å². The largest absolute Gasteiger partial charge is 0.271 e. The third-order valence-corrected chi connectivity index (χ3v) is 2.95. The van der Waals surface area contributed by atoms with E-state index in [1.54, 1.807) is 7.05 Å². The molecule has 0 spiro atoms. The number of hydrogen-bond acceptors (Lipinski definition) is 5. The second-order valence-corrected chi connectivity index (χ2v) is 4.17. The number of aromatic nitrogens is 4. The molecule has 2 aromatic rings. The lowest BCUT2D eigenvalue weighted by molar-refractivity contribution is 0.532. The van der Waals surface area contributed by atoms with Crippen LogP contribution in [0.1, 0.15) is 29.9 Å². The standard InChI is InChI=1S/C12H18N6/c1-3-9-6-4-5-7-10(9)11(14-13)8-12-15-17-18(2)16-12/h4-7,11,14H,3,8,13H2,1-2H3. The monoisotopic (exact) mass is 246 g/mol. The van der Waals surface area contributed by atoms with Crippen LogP contribution in [0.15, 0.2) is 24.3 Å². The lowest BCUT2D eigenvalue weighted by Gasteiger charge is -2.17. The molecule has 0 amide bonds. The summed E-state index contributed by atoms with van der Waals surface area (Å²) in [7, 11) is 1.75. The summed E-state index contributed by atoms with van der Waals surface area (Å²) in [5.41, 5.74) is 5.31. The Bertz CT molecular complexity index is 507. The molecular weight excluding hydrogens is 228 g/mol. The van der Waals surface area contributed by atoms with E-state index >= 15 is 0 Å². The summed E-state index contributed by atoms with van der Waals surface area (Å²) in [6.45, 7) is 2.13. The summed E-state index contributed by atoms with van der Waals surface area (Å²) in [5.74, 6) is 6.34. The summed E-state index contributed by atoms with van der Waals surface area (Å²) in [5, 5.41) is 12.0. The first-order valence-corrected chi connectivity index (χ1v) is 6.01. The highest BCUT2D eigenvalue weighted by Crippen LogP contribution is 2.20. The van der Waals surface area contributed by atoms with Gasteiger partial charge in [0.05, 0.1) is 13.1 Å². The Morgan fingerprint density at radius 1 is 1.39 bits per heavy atom. The smallest absolute Gasteiger partial charge is 0.176 e. The van der Waals surface area contributed by atoms with Gasteiger partial charge in [0.2, 0.25) is 0 Å². The molecule has 18 heavy (non-hydrogen) atoms. The molecule has 0 bridgehead atoms. The molecule has 1 atom stereocenters. The molecule has 1 unspecified atom stereocenters. The molecule has 1 aromatic carbocycles. The highest BCUT2D eigenvalue weighted by Gasteiger charge is 2.16. The number of nitrogens with zero attached hydrogens (tertiary/aromatic N) is 4. The fourth-order valence-corrected chi connectivity index (χ4v) is 2.04. The van der Waals surface area contributed by atoms with Crippen molar-refractivity contribution in [3.63, 3.8) is 0 Å². The number of nitrogens with two attached hydrogens (primary N) is 1. The number of nitrogens with one attached hydrogen (secondary N) is 1. The van der Waals surface area contributed by atoms with Gasteiger partial charge in [0.15, 0.2) is 5.82 Å². The maximum absolute atomic E-state index is 5.65. The van der Waals surface area contributed by atoms with E-state index in [-0.39, 0.29) is 6.04 Å². The van der Waals surface area contributed by atoms with E-state index in [4.69, 9.17) is 5.84 Å². The van der Waals surface area contributed by atoms with Crippen LogP contribution >= 0.6 is 0 Å². The zero-order chi connectivity index (χ0) is 13.0. The van der Waals surface area contributed by atoms with Gasteiger partial charge in [0, 0.05) is 6.42 Å². The van der Waals surface area contributed by atoms with E-state index in [2.05, 4.69) is 39.9 Å². The molecule has 6 heteroatoms. The minimum Gasteiger partial charge on any atom is -0.271 e. The Kier molecular flexibility index (Phi) is 4.01. The van der Waals surface area contributed by atoms with Crippen molar-refractivity contribution in [2.75, 3.05) is 0 Å². The highest BCUT2D eigenvalue weighted by molar-refractivity contribution is 5.30. The first-order valence-electron chi connectivity index (χ1n) is 6.01. The normalized spacial score (nSPS) is 12.6. The maximum Gasteiger partial charge on any atom is 0.176 e. The number of benzene rings is 1. The number of hydrazine groups is 1. The topological polar surface area (TPSA) is 81.7 Å². The van der Waals surface area contributed by atoms with Crippen LogP contribution in [0.4, 0.5) is 0 Å². The van der Waals surface area contributed by atoms with E-state index < -0.39 is 0 Å². The van der Waals surface area contributed by atoms with Gasteiger partial charge >= 0.3 is 0 Å². The molecule has 0 saturated heterocycles. The molecule has 0 saturated carbocycles. The molecule has 0 aliphatic rings. The highest BCUT2D eigenvalue weighted by atomic mass is 15.6. The van der Waals surface area contributed by atoms with Crippen LogP contribution in [0.5, 0.6) is 0 Å². The van der Waals surface area contributed by atoms with E-state index in [9.17, 15) is 0 Å². The predicted molar refractivity (Wildman–Crippen MR) is 68.4 cm³/mol. The summed E-state index contributed by atoms with van der Waals surface area (Å²) < 4.78 is 0. The van der Waals surface area contributed by atoms with Crippen molar-refractivity contribution in [1.82, 2.24) is 25.6 Å². The first-order chi connectivity index (χ1) is 8.74. The lowest BCUT2D eigenvalue weighted by atomic mass is 9.97. The molecule has 1 aromatic heterocycles. The third-order valence-electron chi connectivity index (χ3n) is 2.95. The molecule has 2 rings (SSSR count). The molecule has 1 heterocycles. The van der Waals surface area contributed by atoms with Crippen molar-refractivity contribution in [3.05, 3.63) is 41.2 Å². The van der Waals surface area contributed by atoms with Gasteiger partial charge in [0.25, 0.3) is 0 Å². The van der Waals surface area contributed by atoms with Crippen LogP contribution in [-0.4, -0.2) is 20.2 Å². The van der Waals surface area contributed by atoms with Crippen molar-refractivity contribution in [3.8, 4) is 0 Å². The average molecular weight is 246 g/mol. The Labute approximate surface area is 106 Å². The van der Waals surface area contributed by atoms with E-state index in [0.29, 0.717) is 12.2 Å². The number of hydrogen-bond donors (Lipinski definition) is 2. The summed E-state index contributed by atoms with van der Waals surface area (Å²) >= 11 is 0. The molecule has 0 aliphatic heterocycles. The quantitative estimate of drug-likeness (QED) is 0.593. The van der Waals surface area contributed by atoms with Crippen molar-refractivity contribution < 1.29 is 0 Å². The van der Waals surface area contributed by atoms with E-state index in [1.165, 1.54) is 15.9 Å². The predicted octanol–water partition coefficient (Wildman–Crippen LogP) is 0.520. The van der Waals surface area contributed by atoms with Gasteiger partial charge in [-0.1, -0.05) is 31.2 Å². The lowest BCUT2D eigenvalue weighted by Crippen LogP contribution is -2.30. The van der Waals surface area contributed by atoms with Crippen molar-refractivity contribution >= 4 is 0 Å². The number of tetrazole rings is 1. The van der Waals surface area contributed by atoms with Gasteiger partial charge in [-0.15, -0.1) is 10.2 Å². The van der Waals surface area contributed by atoms with Crippen LogP contribution in [0.3, 0.4) is 0 Å². The van der Waals surface area contributed by atoms with E-state index in [1.807, 2.05) is 12.1 Å². The van der Waals surface area contributed by atoms with Crippen LogP contribution in [-0.2, 0) is 19.9 Å². The molecule has 0 fully saturated rings. The molecule has 96 valence electrons. The van der Waals surface area contributed by atoms with Gasteiger partial charge in [0.1, 0.15) is 0 Å². The second kappa shape index (κ2) is 5.70. The van der Waals surface area contributed by atoms with Gasteiger partial charge in [-0.2, -0.15) is 4.80 Å². The fraction of sp³-hybridized carbons (Fsp3) is 0.417. The minimum atomic E-state index is 0.00495. The molecule has 3 N–H and O–H groups in total. The van der Waals surface area contributed by atoms with Crippen LogP contribution in [0, 0.1) is 0 Å². The third kappa shape index (κ3) is 2.72. The van der Waals surface area contributed by atoms with Crippen LogP contribution < -0.4 is 11.3 Å². The molecule has 0 aliphatic carbocycles. The average Bonchev–Trinajstić information content (AvgIpc) is 2.81. The molecule has 0 radical (unpaired) electrons. The fourth-order valence-electron chi connectivity index (χ4n) is 2.04. The van der Waals surface area contributed by atoms with Crippen molar-refractivity contribution in [2.24, 2.45) is 12.9 Å². The molecule has 6 nitrogen and oxygen atoms in total. The number of aryl methyl sites for hydroxylation is 2. The van der Waals surface area contributed by atoms with Crippen molar-refractivity contribution in [2.45, 2.75) is 25.8 Å². The second-order valence-electron chi connectivity index (χ2n) is 4.17. The Morgan fingerprint density at radius 3 is 2.78 bits per heavy atom. The summed E-state index contributed by atoms with van der Waals surface area (Å²) in [6, 6.07) is 8.26. The zero-order valence-electron chi connectivity index (χ0n) is 10.7. The Balaban J connectivity index is 2.22. The first kappa shape index (κ1) is 12.7. The van der Waals surface area contributed by atoms with Crippen LogP contribution in [0.25, 0.3) is 0 Å². The Hall–Kier alpha value is -1.79. The zero-order valence-corrected chi connectivity index (χ0v) is 10.7. The Morgan fingerprint density at radius 2 is 2.17 bits per heavy atom. The van der Waals surface area contributed by atoms with Gasteiger partial charge in [-0.05, 0) is 22.8 Å². The maximum atomic E-state index is 5.65. The SMILES string of the molecule is CCc1ccccc1C(Cc1nnn(C)n1)NN. The van der Waals surface area contributed by atoms with Gasteiger partial charge < -0.3 is 0 Å². The minimum absolute atomic E-state index is 0.00495. The molecular formula is C12H18N6.